The van der Waals surface area contributed by atoms with Crippen molar-refractivity contribution >= 4 is 5.91 Å². The van der Waals surface area contributed by atoms with E-state index < -0.39 is 0 Å². The molecule has 2 saturated heterocycles. The maximum Gasteiger partial charge on any atom is 0.246 e. The highest BCUT2D eigenvalue weighted by atomic mass is 16.6. The van der Waals surface area contributed by atoms with Crippen LogP contribution in [0.2, 0.25) is 0 Å². The molecule has 2 unspecified atom stereocenters. The van der Waals surface area contributed by atoms with Gasteiger partial charge in [0.1, 0.15) is 0 Å². The molecule has 114 valence electrons. The Balaban J connectivity index is 1.61. The van der Waals surface area contributed by atoms with E-state index in [4.69, 9.17) is 9.47 Å². The van der Waals surface area contributed by atoms with Gasteiger partial charge in [0.15, 0.2) is 0 Å². The van der Waals surface area contributed by atoms with E-state index in [9.17, 15) is 4.79 Å². The van der Waals surface area contributed by atoms with Crippen LogP contribution in [0.5, 0.6) is 0 Å². The third-order valence-electron chi connectivity index (χ3n) is 3.70. The van der Waals surface area contributed by atoms with Gasteiger partial charge in [0, 0.05) is 13.1 Å². The molecule has 4 heteroatoms. The lowest BCUT2D eigenvalue weighted by molar-refractivity contribution is -0.126. The Hall–Kier alpha value is -0.870. The van der Waals surface area contributed by atoms with E-state index in [0.29, 0.717) is 13.1 Å². The summed E-state index contributed by atoms with van der Waals surface area (Å²) in [6.07, 6.45) is 11.6. The van der Waals surface area contributed by atoms with Crippen LogP contribution < -0.4 is 0 Å². The maximum atomic E-state index is 12.1. The second-order valence-corrected chi connectivity index (χ2v) is 5.76. The number of hydrogen-bond donors (Lipinski definition) is 0. The van der Waals surface area contributed by atoms with Crippen LogP contribution in [-0.4, -0.2) is 49.3 Å². The summed E-state index contributed by atoms with van der Waals surface area (Å²) in [5.41, 5.74) is 0. The van der Waals surface area contributed by atoms with Crippen LogP contribution in [0.1, 0.15) is 45.4 Å². The fraction of sp³-hybridized carbons (Fsp3) is 0.812. The summed E-state index contributed by atoms with van der Waals surface area (Å²) in [6.45, 7) is 5.21. The molecule has 2 fully saturated rings. The van der Waals surface area contributed by atoms with Gasteiger partial charge in [-0.2, -0.15) is 0 Å². The summed E-state index contributed by atoms with van der Waals surface area (Å²) in [7, 11) is 0. The first-order valence-electron chi connectivity index (χ1n) is 7.98. The zero-order chi connectivity index (χ0) is 14.2. The molecule has 0 N–H and O–H groups in total. The van der Waals surface area contributed by atoms with Crippen LogP contribution in [0, 0.1) is 0 Å². The Morgan fingerprint density at radius 1 is 1.10 bits per heavy atom. The van der Waals surface area contributed by atoms with Crippen LogP contribution >= 0.6 is 0 Å². The number of carbonyl (C=O) groups is 1. The second kappa shape index (κ2) is 8.42. The van der Waals surface area contributed by atoms with E-state index >= 15 is 0 Å². The molecule has 4 nitrogen and oxygen atoms in total. The molecule has 0 aromatic carbocycles. The number of rotatable bonds is 11. The smallest absolute Gasteiger partial charge is 0.246 e. The summed E-state index contributed by atoms with van der Waals surface area (Å²) < 4.78 is 10.4. The summed E-state index contributed by atoms with van der Waals surface area (Å²) in [5, 5.41) is 0. The number of carbonyl (C=O) groups excluding carboxylic acids is 1. The van der Waals surface area contributed by atoms with Gasteiger partial charge in [-0.15, -0.1) is 0 Å². The summed E-state index contributed by atoms with van der Waals surface area (Å²) in [5.74, 6) is 0.101. The third-order valence-corrected chi connectivity index (χ3v) is 3.70. The minimum absolute atomic E-state index is 0.101. The molecule has 2 aliphatic rings. The zero-order valence-electron chi connectivity index (χ0n) is 12.6. The van der Waals surface area contributed by atoms with Crippen molar-refractivity contribution in [3.8, 4) is 0 Å². The summed E-state index contributed by atoms with van der Waals surface area (Å²) >= 11 is 0. The lowest BCUT2D eigenvalue weighted by atomic mass is 10.1. The largest absolute Gasteiger partial charge is 0.371 e. The molecule has 20 heavy (non-hydrogen) atoms. The molecule has 2 atom stereocenters. The first-order chi connectivity index (χ1) is 9.79. The van der Waals surface area contributed by atoms with E-state index in [2.05, 4.69) is 6.92 Å². The minimum Gasteiger partial charge on any atom is -0.371 e. The molecule has 0 bridgehead atoms. The first-order valence-corrected chi connectivity index (χ1v) is 7.98. The summed E-state index contributed by atoms with van der Waals surface area (Å²) in [6, 6.07) is 0. The van der Waals surface area contributed by atoms with Crippen molar-refractivity contribution in [2.75, 3.05) is 26.3 Å². The first kappa shape index (κ1) is 15.5. The Labute approximate surface area is 122 Å². The van der Waals surface area contributed by atoms with Crippen molar-refractivity contribution in [1.29, 1.82) is 0 Å². The van der Waals surface area contributed by atoms with E-state index in [1.165, 1.54) is 32.1 Å². The van der Waals surface area contributed by atoms with Gasteiger partial charge >= 0.3 is 0 Å². The van der Waals surface area contributed by atoms with Crippen LogP contribution in [0.25, 0.3) is 0 Å². The molecule has 2 rings (SSSR count). The molecule has 0 aromatic rings. The van der Waals surface area contributed by atoms with Gasteiger partial charge in [0.05, 0.1) is 25.4 Å². The monoisotopic (exact) mass is 281 g/mol. The number of allylic oxidation sites excluding steroid dienone is 1. The molecular weight excluding hydrogens is 254 g/mol. The normalized spacial score (nSPS) is 24.1. The maximum absolute atomic E-state index is 12.1. The molecule has 0 spiro atoms. The lowest BCUT2D eigenvalue weighted by Crippen LogP contribution is -2.36. The predicted octanol–water partition coefficient (Wildman–Crippen LogP) is 2.53. The summed E-state index contributed by atoms with van der Waals surface area (Å²) in [4.78, 5) is 14.0. The van der Waals surface area contributed by atoms with Crippen LogP contribution in [0.4, 0.5) is 0 Å². The highest BCUT2D eigenvalue weighted by Gasteiger charge is 2.32. The van der Waals surface area contributed by atoms with Crippen LogP contribution in [0.3, 0.4) is 0 Å². The van der Waals surface area contributed by atoms with Crippen molar-refractivity contribution in [2.24, 2.45) is 0 Å². The average molecular weight is 281 g/mol. The predicted molar refractivity (Wildman–Crippen MR) is 78.6 cm³/mol. The highest BCUT2D eigenvalue weighted by Crippen LogP contribution is 2.16. The van der Waals surface area contributed by atoms with Crippen LogP contribution in [0.15, 0.2) is 12.2 Å². The van der Waals surface area contributed by atoms with Gasteiger partial charge in [-0.1, -0.05) is 38.7 Å². The number of unbranched alkanes of at least 4 members (excludes halogenated alkanes) is 5. The molecule has 1 amide bonds. The molecule has 2 heterocycles. The van der Waals surface area contributed by atoms with E-state index in [1.807, 2.05) is 11.0 Å². The average Bonchev–Trinajstić information content (AvgIpc) is 3.32. The van der Waals surface area contributed by atoms with Gasteiger partial charge in [0.2, 0.25) is 5.91 Å². The van der Waals surface area contributed by atoms with E-state index in [1.54, 1.807) is 6.08 Å². The Morgan fingerprint density at radius 2 is 1.70 bits per heavy atom. The number of amides is 1. The number of ether oxygens (including phenoxy) is 2. The second-order valence-electron chi connectivity index (χ2n) is 5.76. The third kappa shape index (κ3) is 6.53. The van der Waals surface area contributed by atoms with E-state index in [-0.39, 0.29) is 18.1 Å². The Bertz CT molecular complexity index is 308. The highest BCUT2D eigenvalue weighted by molar-refractivity contribution is 5.87. The molecule has 0 aliphatic carbocycles. The standard InChI is InChI=1S/C16H27NO3/c1-2-3-4-5-6-7-8-9-16(18)17(10-14-12-19-14)11-15-13-20-15/h8-9,14-15H,2-7,10-13H2,1H3/b9-8+. The zero-order valence-corrected chi connectivity index (χ0v) is 12.6. The fourth-order valence-corrected chi connectivity index (χ4v) is 2.25. The Kier molecular flexibility index (Phi) is 6.54. The SMILES string of the molecule is CCCCCCC/C=C/C(=O)N(CC1CO1)CC1CO1. The van der Waals surface area contributed by atoms with Crippen molar-refractivity contribution < 1.29 is 14.3 Å². The molecule has 0 aromatic heterocycles. The fourth-order valence-electron chi connectivity index (χ4n) is 2.25. The number of epoxide rings is 2. The molecule has 0 radical (unpaired) electrons. The van der Waals surface area contributed by atoms with Gasteiger partial charge in [-0.25, -0.2) is 0 Å². The van der Waals surface area contributed by atoms with Crippen molar-refractivity contribution in [3.05, 3.63) is 12.2 Å². The van der Waals surface area contributed by atoms with Crippen molar-refractivity contribution in [2.45, 2.75) is 57.7 Å². The van der Waals surface area contributed by atoms with Crippen molar-refractivity contribution in [3.63, 3.8) is 0 Å². The van der Waals surface area contributed by atoms with Gasteiger partial charge in [-0.05, 0) is 18.9 Å². The number of hydrogen-bond acceptors (Lipinski definition) is 3. The Morgan fingerprint density at radius 3 is 2.25 bits per heavy atom. The topological polar surface area (TPSA) is 45.4 Å². The lowest BCUT2D eigenvalue weighted by Gasteiger charge is -2.18. The van der Waals surface area contributed by atoms with Gasteiger partial charge in [0.25, 0.3) is 0 Å². The van der Waals surface area contributed by atoms with E-state index in [0.717, 1.165) is 19.6 Å². The van der Waals surface area contributed by atoms with Crippen LogP contribution in [-0.2, 0) is 14.3 Å². The quantitative estimate of drug-likeness (QED) is 0.332. The van der Waals surface area contributed by atoms with Gasteiger partial charge in [-0.3, -0.25) is 4.79 Å². The molecular formula is C16H27NO3. The van der Waals surface area contributed by atoms with Gasteiger partial charge < -0.3 is 14.4 Å². The molecule has 0 saturated carbocycles. The molecule has 2 aliphatic heterocycles. The number of nitrogens with zero attached hydrogens (tertiary/aromatic N) is 1. The van der Waals surface area contributed by atoms with Crippen molar-refractivity contribution in [1.82, 2.24) is 4.90 Å². The minimum atomic E-state index is 0.101.